The van der Waals surface area contributed by atoms with Crippen LogP contribution in [0.4, 0.5) is 0 Å². The van der Waals surface area contributed by atoms with Crippen molar-refractivity contribution in [2.75, 3.05) is 7.11 Å². The summed E-state index contributed by atoms with van der Waals surface area (Å²) in [6.07, 6.45) is 5.65. The van der Waals surface area contributed by atoms with E-state index in [1.165, 1.54) is 23.1 Å². The van der Waals surface area contributed by atoms with E-state index < -0.39 is 0 Å². The first-order valence-corrected chi connectivity index (χ1v) is 5.82. The lowest BCUT2D eigenvalue weighted by Crippen LogP contribution is -2.20. The average Bonchev–Trinajstić information content (AvgIpc) is 2.28. The SMILES string of the molecule is COc1ccc(C2=CC(N)CCC2)c(C)c1. The third-order valence-electron chi connectivity index (χ3n) is 3.18. The number of allylic oxidation sites excluding steroid dienone is 1. The van der Waals surface area contributed by atoms with Crippen molar-refractivity contribution in [2.24, 2.45) is 5.73 Å². The molecule has 0 amide bonds. The Morgan fingerprint density at radius 3 is 2.81 bits per heavy atom. The minimum Gasteiger partial charge on any atom is -0.497 e. The van der Waals surface area contributed by atoms with Gasteiger partial charge in [-0.3, -0.25) is 0 Å². The molecular formula is C14H19NO. The number of hydrogen-bond acceptors (Lipinski definition) is 2. The molecule has 2 nitrogen and oxygen atoms in total. The lowest BCUT2D eigenvalue weighted by molar-refractivity contribution is 0.414. The number of hydrogen-bond donors (Lipinski definition) is 1. The van der Waals surface area contributed by atoms with Crippen LogP contribution >= 0.6 is 0 Å². The molecule has 1 unspecified atom stereocenters. The van der Waals surface area contributed by atoms with Gasteiger partial charge in [0.2, 0.25) is 0 Å². The molecule has 2 heteroatoms. The van der Waals surface area contributed by atoms with Crippen LogP contribution in [0.1, 0.15) is 30.4 Å². The van der Waals surface area contributed by atoms with Crippen LogP contribution in [0.3, 0.4) is 0 Å². The molecule has 0 aliphatic heterocycles. The van der Waals surface area contributed by atoms with Gasteiger partial charge in [0.25, 0.3) is 0 Å². The van der Waals surface area contributed by atoms with Gasteiger partial charge >= 0.3 is 0 Å². The average molecular weight is 217 g/mol. The van der Waals surface area contributed by atoms with Crippen LogP contribution in [0.2, 0.25) is 0 Å². The minimum atomic E-state index is 0.227. The van der Waals surface area contributed by atoms with Crippen LogP contribution in [0.15, 0.2) is 24.3 Å². The van der Waals surface area contributed by atoms with Gasteiger partial charge < -0.3 is 10.5 Å². The van der Waals surface area contributed by atoms with Crippen molar-refractivity contribution in [3.05, 3.63) is 35.4 Å². The van der Waals surface area contributed by atoms with Crippen LogP contribution in [-0.2, 0) is 0 Å². The molecule has 0 saturated heterocycles. The molecule has 1 aromatic carbocycles. The third-order valence-corrected chi connectivity index (χ3v) is 3.18. The normalized spacial score (nSPS) is 20.4. The van der Waals surface area contributed by atoms with Crippen LogP contribution < -0.4 is 10.5 Å². The fourth-order valence-electron chi connectivity index (χ4n) is 2.30. The molecule has 0 fully saturated rings. The Bertz CT molecular complexity index is 409. The molecule has 0 saturated carbocycles. The summed E-state index contributed by atoms with van der Waals surface area (Å²) < 4.78 is 5.21. The summed E-state index contributed by atoms with van der Waals surface area (Å²) in [5.41, 5.74) is 9.93. The van der Waals surface area contributed by atoms with Crippen molar-refractivity contribution < 1.29 is 4.74 Å². The number of ether oxygens (including phenoxy) is 1. The Labute approximate surface area is 97.1 Å². The highest BCUT2D eigenvalue weighted by Crippen LogP contribution is 2.30. The highest BCUT2D eigenvalue weighted by molar-refractivity contribution is 5.70. The van der Waals surface area contributed by atoms with Crippen molar-refractivity contribution in [2.45, 2.75) is 32.2 Å². The Kier molecular flexibility index (Phi) is 3.30. The zero-order valence-corrected chi connectivity index (χ0v) is 9.99. The molecule has 1 aliphatic carbocycles. The number of rotatable bonds is 2. The molecule has 86 valence electrons. The molecule has 0 bridgehead atoms. The standard InChI is InChI=1S/C14H19NO/c1-10-8-13(16-2)6-7-14(10)11-4-3-5-12(15)9-11/h6-9,12H,3-5,15H2,1-2H3. The predicted molar refractivity (Wildman–Crippen MR) is 67.5 cm³/mol. The molecule has 16 heavy (non-hydrogen) atoms. The molecule has 1 aliphatic rings. The smallest absolute Gasteiger partial charge is 0.119 e. The van der Waals surface area contributed by atoms with E-state index in [-0.39, 0.29) is 6.04 Å². The van der Waals surface area contributed by atoms with E-state index >= 15 is 0 Å². The monoisotopic (exact) mass is 217 g/mol. The molecule has 1 atom stereocenters. The second-order valence-electron chi connectivity index (χ2n) is 4.43. The second kappa shape index (κ2) is 4.71. The van der Waals surface area contributed by atoms with Crippen molar-refractivity contribution in [3.8, 4) is 5.75 Å². The van der Waals surface area contributed by atoms with Gasteiger partial charge in [0.1, 0.15) is 5.75 Å². The van der Waals surface area contributed by atoms with Gasteiger partial charge in [-0.25, -0.2) is 0 Å². The summed E-state index contributed by atoms with van der Waals surface area (Å²) in [5.74, 6) is 0.918. The summed E-state index contributed by atoms with van der Waals surface area (Å²) >= 11 is 0. The lowest BCUT2D eigenvalue weighted by atomic mass is 9.89. The highest BCUT2D eigenvalue weighted by atomic mass is 16.5. The van der Waals surface area contributed by atoms with Gasteiger partial charge in [0, 0.05) is 6.04 Å². The molecule has 0 spiro atoms. The van der Waals surface area contributed by atoms with Gasteiger partial charge in [0.15, 0.2) is 0 Å². The molecule has 2 rings (SSSR count). The van der Waals surface area contributed by atoms with Gasteiger partial charge in [-0.2, -0.15) is 0 Å². The molecule has 0 heterocycles. The van der Waals surface area contributed by atoms with E-state index in [0.29, 0.717) is 0 Å². The van der Waals surface area contributed by atoms with Gasteiger partial charge in [-0.05, 0) is 55.0 Å². The molecule has 0 aromatic heterocycles. The molecule has 1 aromatic rings. The Hall–Kier alpha value is -1.28. The van der Waals surface area contributed by atoms with E-state index in [1.54, 1.807) is 7.11 Å². The van der Waals surface area contributed by atoms with Gasteiger partial charge in [-0.1, -0.05) is 12.1 Å². The van der Waals surface area contributed by atoms with Gasteiger partial charge in [-0.15, -0.1) is 0 Å². The molecule has 2 N–H and O–H groups in total. The number of methoxy groups -OCH3 is 1. The Morgan fingerprint density at radius 2 is 2.19 bits per heavy atom. The summed E-state index contributed by atoms with van der Waals surface area (Å²) in [4.78, 5) is 0. The van der Waals surface area contributed by atoms with Crippen molar-refractivity contribution in [3.63, 3.8) is 0 Å². The predicted octanol–water partition coefficient (Wildman–Crippen LogP) is 2.90. The second-order valence-corrected chi connectivity index (χ2v) is 4.43. The molecular weight excluding hydrogens is 198 g/mol. The first-order chi connectivity index (χ1) is 7.70. The summed E-state index contributed by atoms with van der Waals surface area (Å²) in [6.45, 7) is 2.12. The zero-order chi connectivity index (χ0) is 11.5. The van der Waals surface area contributed by atoms with Crippen LogP contribution in [0.25, 0.3) is 5.57 Å². The fourth-order valence-corrected chi connectivity index (χ4v) is 2.30. The molecule has 0 radical (unpaired) electrons. The Balaban J connectivity index is 2.33. The van der Waals surface area contributed by atoms with E-state index in [9.17, 15) is 0 Å². The summed E-state index contributed by atoms with van der Waals surface area (Å²) in [5, 5.41) is 0. The summed E-state index contributed by atoms with van der Waals surface area (Å²) in [6, 6.07) is 6.46. The van der Waals surface area contributed by atoms with Crippen LogP contribution in [-0.4, -0.2) is 13.2 Å². The van der Waals surface area contributed by atoms with Crippen LogP contribution in [0, 0.1) is 6.92 Å². The quantitative estimate of drug-likeness (QED) is 0.826. The van der Waals surface area contributed by atoms with E-state index in [2.05, 4.69) is 25.1 Å². The van der Waals surface area contributed by atoms with Crippen molar-refractivity contribution in [1.29, 1.82) is 0 Å². The van der Waals surface area contributed by atoms with E-state index in [4.69, 9.17) is 10.5 Å². The topological polar surface area (TPSA) is 35.2 Å². The maximum Gasteiger partial charge on any atom is 0.119 e. The maximum atomic E-state index is 5.97. The Morgan fingerprint density at radius 1 is 1.38 bits per heavy atom. The van der Waals surface area contributed by atoms with Crippen LogP contribution in [0.5, 0.6) is 5.75 Å². The van der Waals surface area contributed by atoms with Crippen molar-refractivity contribution in [1.82, 2.24) is 0 Å². The summed E-state index contributed by atoms with van der Waals surface area (Å²) in [7, 11) is 1.70. The number of nitrogens with two attached hydrogens (primary N) is 1. The largest absolute Gasteiger partial charge is 0.497 e. The fraction of sp³-hybridized carbons (Fsp3) is 0.429. The first-order valence-electron chi connectivity index (χ1n) is 5.82. The van der Waals surface area contributed by atoms with E-state index in [0.717, 1.165) is 18.6 Å². The first kappa shape index (κ1) is 11.2. The maximum absolute atomic E-state index is 5.97. The number of benzene rings is 1. The van der Waals surface area contributed by atoms with Crippen molar-refractivity contribution >= 4 is 5.57 Å². The minimum absolute atomic E-state index is 0.227. The number of aryl methyl sites for hydroxylation is 1. The third kappa shape index (κ3) is 2.27. The lowest BCUT2D eigenvalue weighted by Gasteiger charge is -2.19. The van der Waals surface area contributed by atoms with E-state index in [1.807, 2.05) is 6.07 Å². The highest BCUT2D eigenvalue weighted by Gasteiger charge is 2.13. The van der Waals surface area contributed by atoms with Gasteiger partial charge in [0.05, 0.1) is 7.11 Å². The zero-order valence-electron chi connectivity index (χ0n) is 9.99.